The molecular formula is C13H15N3O5. The van der Waals surface area contributed by atoms with E-state index in [0.29, 0.717) is 0 Å². The van der Waals surface area contributed by atoms with Crippen LogP contribution in [0.25, 0.3) is 0 Å². The molecule has 0 saturated heterocycles. The van der Waals surface area contributed by atoms with Crippen molar-refractivity contribution in [3.8, 4) is 5.75 Å². The number of carboxylic acids is 1. The maximum atomic E-state index is 11.6. The highest BCUT2D eigenvalue weighted by atomic mass is 16.4. The number of amides is 3. The van der Waals surface area contributed by atoms with Crippen molar-refractivity contribution in [1.82, 2.24) is 10.6 Å². The van der Waals surface area contributed by atoms with Crippen LogP contribution in [0.15, 0.2) is 18.2 Å². The van der Waals surface area contributed by atoms with Crippen LogP contribution >= 0.6 is 0 Å². The summed E-state index contributed by atoms with van der Waals surface area (Å²) in [5.74, 6) is -1.97. The molecule has 8 nitrogen and oxygen atoms in total. The van der Waals surface area contributed by atoms with Gasteiger partial charge in [0.15, 0.2) is 0 Å². The summed E-state index contributed by atoms with van der Waals surface area (Å²) in [5, 5.41) is 25.6. The van der Waals surface area contributed by atoms with Gasteiger partial charge in [-0.2, -0.15) is 0 Å². The molecule has 3 amide bonds. The number of hydrogen-bond acceptors (Lipinski definition) is 4. The SMILES string of the molecule is O=C(CNC(=O)Nc1ccc(O)c(C(=O)O)c1)NC1CC1. The van der Waals surface area contributed by atoms with Crippen molar-refractivity contribution in [2.24, 2.45) is 0 Å². The number of aromatic hydroxyl groups is 1. The van der Waals surface area contributed by atoms with Gasteiger partial charge in [0, 0.05) is 11.7 Å². The molecule has 0 radical (unpaired) electrons. The lowest BCUT2D eigenvalue weighted by atomic mass is 10.2. The maximum Gasteiger partial charge on any atom is 0.339 e. The minimum atomic E-state index is -1.31. The summed E-state index contributed by atoms with van der Waals surface area (Å²) >= 11 is 0. The van der Waals surface area contributed by atoms with Crippen LogP contribution in [0.1, 0.15) is 23.2 Å². The van der Waals surface area contributed by atoms with E-state index in [2.05, 4.69) is 16.0 Å². The third kappa shape index (κ3) is 4.37. The molecule has 0 atom stereocenters. The van der Waals surface area contributed by atoms with E-state index < -0.39 is 17.7 Å². The van der Waals surface area contributed by atoms with E-state index in [-0.39, 0.29) is 29.7 Å². The van der Waals surface area contributed by atoms with Crippen LogP contribution in [0.5, 0.6) is 5.75 Å². The number of benzene rings is 1. The van der Waals surface area contributed by atoms with Crippen molar-refractivity contribution in [1.29, 1.82) is 0 Å². The number of carbonyl (C=O) groups excluding carboxylic acids is 2. The van der Waals surface area contributed by atoms with Crippen molar-refractivity contribution < 1.29 is 24.6 Å². The standard InChI is InChI=1S/C13H15N3O5/c17-10-4-3-8(5-9(10)12(19)20)16-13(21)14-6-11(18)15-7-1-2-7/h3-5,7,17H,1-2,6H2,(H,15,18)(H,19,20)(H2,14,16,21). The molecule has 0 heterocycles. The Hall–Kier alpha value is -2.77. The Morgan fingerprint density at radius 2 is 1.95 bits per heavy atom. The first-order valence-electron chi connectivity index (χ1n) is 6.36. The predicted octanol–water partition coefficient (Wildman–Crippen LogP) is 0.490. The molecule has 1 saturated carbocycles. The zero-order valence-corrected chi connectivity index (χ0v) is 11.0. The molecular weight excluding hydrogens is 278 g/mol. The molecule has 0 unspecified atom stereocenters. The first-order chi connectivity index (χ1) is 9.95. The maximum absolute atomic E-state index is 11.6. The fourth-order valence-corrected chi connectivity index (χ4v) is 1.63. The van der Waals surface area contributed by atoms with E-state index in [1.165, 1.54) is 12.1 Å². The third-order valence-corrected chi connectivity index (χ3v) is 2.84. The first-order valence-corrected chi connectivity index (χ1v) is 6.36. The van der Waals surface area contributed by atoms with Gasteiger partial charge < -0.3 is 26.2 Å². The fraction of sp³-hybridized carbons (Fsp3) is 0.308. The number of hydrogen-bond donors (Lipinski definition) is 5. The van der Waals surface area contributed by atoms with Crippen LogP contribution in [-0.4, -0.2) is 40.7 Å². The molecule has 1 aliphatic rings. The van der Waals surface area contributed by atoms with Gasteiger partial charge in [-0.25, -0.2) is 9.59 Å². The molecule has 1 aromatic rings. The molecule has 0 bridgehead atoms. The molecule has 8 heteroatoms. The number of anilines is 1. The summed E-state index contributed by atoms with van der Waals surface area (Å²) in [5.41, 5.74) is -0.121. The van der Waals surface area contributed by atoms with Crippen molar-refractivity contribution in [2.45, 2.75) is 18.9 Å². The van der Waals surface area contributed by atoms with Crippen molar-refractivity contribution in [3.63, 3.8) is 0 Å². The van der Waals surface area contributed by atoms with E-state index in [1.807, 2.05) is 0 Å². The number of rotatable bonds is 5. The van der Waals surface area contributed by atoms with Crippen LogP contribution in [-0.2, 0) is 4.79 Å². The highest BCUT2D eigenvalue weighted by Crippen LogP contribution is 2.21. The largest absolute Gasteiger partial charge is 0.507 e. The normalized spacial score (nSPS) is 13.3. The highest BCUT2D eigenvalue weighted by Gasteiger charge is 2.23. The summed E-state index contributed by atoms with van der Waals surface area (Å²) in [7, 11) is 0. The van der Waals surface area contributed by atoms with Gasteiger partial charge in [-0.15, -0.1) is 0 Å². The van der Waals surface area contributed by atoms with Gasteiger partial charge >= 0.3 is 12.0 Å². The summed E-state index contributed by atoms with van der Waals surface area (Å²) in [6.07, 6.45) is 1.92. The molecule has 0 spiro atoms. The minimum absolute atomic E-state index is 0.161. The molecule has 112 valence electrons. The van der Waals surface area contributed by atoms with E-state index in [1.54, 1.807) is 0 Å². The number of carboxylic acid groups (broad SMARTS) is 1. The quantitative estimate of drug-likeness (QED) is 0.505. The highest BCUT2D eigenvalue weighted by molar-refractivity contribution is 5.96. The molecule has 1 aliphatic carbocycles. The Morgan fingerprint density at radius 3 is 2.57 bits per heavy atom. The van der Waals surface area contributed by atoms with Crippen molar-refractivity contribution in [2.75, 3.05) is 11.9 Å². The number of aromatic carboxylic acids is 1. The van der Waals surface area contributed by atoms with Gasteiger partial charge in [-0.1, -0.05) is 0 Å². The Bertz CT molecular complexity index is 583. The number of urea groups is 1. The fourth-order valence-electron chi connectivity index (χ4n) is 1.63. The second-order valence-corrected chi connectivity index (χ2v) is 4.69. The Balaban J connectivity index is 1.85. The van der Waals surface area contributed by atoms with Gasteiger partial charge in [-0.05, 0) is 31.0 Å². The smallest absolute Gasteiger partial charge is 0.339 e. The van der Waals surface area contributed by atoms with Crippen molar-refractivity contribution >= 4 is 23.6 Å². The zero-order valence-electron chi connectivity index (χ0n) is 11.0. The van der Waals surface area contributed by atoms with Crippen LogP contribution < -0.4 is 16.0 Å². The van der Waals surface area contributed by atoms with Gasteiger partial charge in [0.2, 0.25) is 5.91 Å². The van der Waals surface area contributed by atoms with Gasteiger partial charge in [-0.3, -0.25) is 4.79 Å². The van der Waals surface area contributed by atoms with Crippen LogP contribution in [0, 0.1) is 0 Å². The summed E-state index contributed by atoms with van der Waals surface area (Å²) in [6.45, 7) is -0.161. The summed E-state index contributed by atoms with van der Waals surface area (Å²) in [6, 6.07) is 3.23. The summed E-state index contributed by atoms with van der Waals surface area (Å²) < 4.78 is 0. The molecule has 1 fully saturated rings. The predicted molar refractivity (Wildman–Crippen MR) is 73.3 cm³/mol. The average molecular weight is 293 g/mol. The zero-order chi connectivity index (χ0) is 15.4. The van der Waals surface area contributed by atoms with E-state index in [9.17, 15) is 19.5 Å². The molecule has 0 aliphatic heterocycles. The van der Waals surface area contributed by atoms with E-state index in [4.69, 9.17) is 5.11 Å². The van der Waals surface area contributed by atoms with Crippen LogP contribution in [0.4, 0.5) is 10.5 Å². The molecule has 21 heavy (non-hydrogen) atoms. The van der Waals surface area contributed by atoms with Gasteiger partial charge in [0.25, 0.3) is 0 Å². The Labute approximate surface area is 120 Å². The van der Waals surface area contributed by atoms with Gasteiger partial charge in [0.05, 0.1) is 6.54 Å². The average Bonchev–Trinajstić information content (AvgIpc) is 3.22. The topological polar surface area (TPSA) is 128 Å². The Kier molecular flexibility index (Phi) is 4.27. The number of nitrogens with one attached hydrogen (secondary N) is 3. The van der Waals surface area contributed by atoms with E-state index in [0.717, 1.165) is 18.9 Å². The lowest BCUT2D eigenvalue weighted by Crippen LogP contribution is -2.39. The van der Waals surface area contributed by atoms with Crippen molar-refractivity contribution in [3.05, 3.63) is 23.8 Å². The van der Waals surface area contributed by atoms with Gasteiger partial charge in [0.1, 0.15) is 11.3 Å². The lowest BCUT2D eigenvalue weighted by Gasteiger charge is -2.09. The lowest BCUT2D eigenvalue weighted by molar-refractivity contribution is -0.120. The monoisotopic (exact) mass is 293 g/mol. The second-order valence-electron chi connectivity index (χ2n) is 4.69. The molecule has 1 aromatic carbocycles. The Morgan fingerprint density at radius 1 is 1.24 bits per heavy atom. The second kappa shape index (κ2) is 6.12. The van der Waals surface area contributed by atoms with Crippen LogP contribution in [0.2, 0.25) is 0 Å². The third-order valence-electron chi connectivity index (χ3n) is 2.84. The molecule has 2 rings (SSSR count). The van der Waals surface area contributed by atoms with E-state index >= 15 is 0 Å². The molecule has 5 N–H and O–H groups in total. The minimum Gasteiger partial charge on any atom is -0.507 e. The number of carbonyl (C=O) groups is 3. The summed E-state index contributed by atoms with van der Waals surface area (Å²) in [4.78, 5) is 33.8. The molecule has 0 aromatic heterocycles. The first kappa shape index (κ1) is 14.6. The number of phenols is 1. The van der Waals surface area contributed by atoms with Crippen LogP contribution in [0.3, 0.4) is 0 Å².